The van der Waals surface area contributed by atoms with Crippen molar-refractivity contribution in [2.24, 2.45) is 22.9 Å². The van der Waals surface area contributed by atoms with Crippen LogP contribution in [0, 0.1) is 0 Å². The van der Waals surface area contributed by atoms with Crippen LogP contribution in [0.3, 0.4) is 0 Å². The minimum absolute atomic E-state index is 0.140. The Labute approximate surface area is 185 Å². The molecule has 2 aliphatic heterocycles. The van der Waals surface area contributed by atoms with Crippen LogP contribution in [0.15, 0.2) is 0 Å². The zero-order valence-electron chi connectivity index (χ0n) is 17.7. The number of nitrogens with two attached hydrogens (primary N) is 4. The number of hydrogen-bond acceptors (Lipinski definition) is 14. The summed E-state index contributed by atoms with van der Waals surface area (Å²) in [6.07, 6.45) is -13.9. The summed E-state index contributed by atoms with van der Waals surface area (Å²) in [6, 6.07) is -3.39. The van der Waals surface area contributed by atoms with Gasteiger partial charge in [-0.2, -0.15) is 0 Å². The molecule has 1 aliphatic carbocycles. The molecule has 3 fully saturated rings. The zero-order chi connectivity index (χ0) is 23.9. The monoisotopic (exact) mass is 468 g/mol. The lowest BCUT2D eigenvalue weighted by Crippen LogP contribution is -2.68. The van der Waals surface area contributed by atoms with Crippen LogP contribution < -0.4 is 22.9 Å². The number of rotatable bonds is 6. The highest BCUT2D eigenvalue weighted by Crippen LogP contribution is 2.32. The SMILES string of the molecule is CC(N)C1OC(OC2C(O)C(N)CC(N)C2OC2OC(CO)C(O)[C@@H](O)C2N)C(O)C1O. The molecule has 0 aromatic rings. The van der Waals surface area contributed by atoms with Gasteiger partial charge in [-0.1, -0.05) is 0 Å². The Kier molecular flexibility index (Phi) is 8.44. The Morgan fingerprint density at radius 2 is 1.44 bits per heavy atom. The maximum atomic E-state index is 10.7. The molecule has 0 radical (unpaired) electrons. The molecule has 14 nitrogen and oxygen atoms in total. The molecular formula is C18H36N4O10. The van der Waals surface area contributed by atoms with E-state index in [1.54, 1.807) is 6.92 Å². The normalized spacial score (nSPS) is 53.3. The summed E-state index contributed by atoms with van der Waals surface area (Å²) in [4.78, 5) is 0. The van der Waals surface area contributed by atoms with E-state index in [2.05, 4.69) is 0 Å². The number of hydrogen-bond donors (Lipinski definition) is 10. The molecule has 0 bridgehead atoms. The van der Waals surface area contributed by atoms with Gasteiger partial charge in [0.05, 0.1) is 18.8 Å². The molecule has 32 heavy (non-hydrogen) atoms. The number of ether oxygens (including phenoxy) is 4. The van der Waals surface area contributed by atoms with Crippen molar-refractivity contribution in [2.45, 2.75) is 105 Å². The minimum Gasteiger partial charge on any atom is -0.394 e. The quantitative estimate of drug-likeness (QED) is 0.174. The van der Waals surface area contributed by atoms with Crippen molar-refractivity contribution in [3.63, 3.8) is 0 Å². The highest BCUT2D eigenvalue weighted by atomic mass is 16.7. The summed E-state index contributed by atoms with van der Waals surface area (Å²) in [5.41, 5.74) is 23.9. The predicted octanol–water partition coefficient (Wildman–Crippen LogP) is -6.26. The van der Waals surface area contributed by atoms with E-state index in [1.165, 1.54) is 0 Å². The van der Waals surface area contributed by atoms with Crippen LogP contribution in [-0.4, -0.2) is 129 Å². The smallest absolute Gasteiger partial charge is 0.187 e. The second kappa shape index (κ2) is 10.4. The molecule has 14 unspecified atom stereocenters. The Morgan fingerprint density at radius 1 is 0.812 bits per heavy atom. The molecule has 3 aliphatic rings. The van der Waals surface area contributed by atoms with Crippen molar-refractivity contribution >= 4 is 0 Å². The van der Waals surface area contributed by atoms with E-state index in [4.69, 9.17) is 41.9 Å². The molecule has 2 heterocycles. The van der Waals surface area contributed by atoms with E-state index in [9.17, 15) is 30.6 Å². The Hall–Kier alpha value is -0.560. The largest absolute Gasteiger partial charge is 0.394 e. The summed E-state index contributed by atoms with van der Waals surface area (Å²) in [5, 5.41) is 60.8. The maximum absolute atomic E-state index is 10.7. The second-order valence-electron chi connectivity index (χ2n) is 8.85. The lowest BCUT2D eigenvalue weighted by atomic mass is 9.84. The van der Waals surface area contributed by atoms with Crippen LogP contribution in [0.5, 0.6) is 0 Å². The first-order chi connectivity index (χ1) is 15.0. The first-order valence-electron chi connectivity index (χ1n) is 10.6. The highest BCUT2D eigenvalue weighted by molar-refractivity contribution is 5.01. The van der Waals surface area contributed by atoms with Crippen molar-refractivity contribution < 1.29 is 49.6 Å². The molecule has 3 rings (SSSR count). The molecule has 0 aromatic heterocycles. The van der Waals surface area contributed by atoms with E-state index in [0.29, 0.717) is 0 Å². The Bertz CT molecular complexity index is 618. The lowest BCUT2D eigenvalue weighted by Gasteiger charge is -2.47. The van der Waals surface area contributed by atoms with E-state index in [-0.39, 0.29) is 6.42 Å². The fourth-order valence-corrected chi connectivity index (χ4v) is 4.36. The minimum atomic E-state index is -1.46. The van der Waals surface area contributed by atoms with Crippen LogP contribution >= 0.6 is 0 Å². The fraction of sp³-hybridized carbons (Fsp3) is 1.00. The first-order valence-corrected chi connectivity index (χ1v) is 10.6. The van der Waals surface area contributed by atoms with Gasteiger partial charge in [0.25, 0.3) is 0 Å². The van der Waals surface area contributed by atoms with Crippen molar-refractivity contribution in [1.29, 1.82) is 0 Å². The zero-order valence-corrected chi connectivity index (χ0v) is 17.7. The highest BCUT2D eigenvalue weighted by Gasteiger charge is 2.52. The topological polar surface area (TPSA) is 262 Å². The summed E-state index contributed by atoms with van der Waals surface area (Å²) in [7, 11) is 0. The van der Waals surface area contributed by atoms with Crippen LogP contribution in [0.25, 0.3) is 0 Å². The van der Waals surface area contributed by atoms with E-state index < -0.39 is 98.3 Å². The van der Waals surface area contributed by atoms with Crippen LogP contribution in [0.4, 0.5) is 0 Å². The third-order valence-corrected chi connectivity index (χ3v) is 6.35. The summed E-state index contributed by atoms with van der Waals surface area (Å²) >= 11 is 0. The maximum Gasteiger partial charge on any atom is 0.187 e. The summed E-state index contributed by atoms with van der Waals surface area (Å²) in [5.74, 6) is 0. The van der Waals surface area contributed by atoms with Crippen molar-refractivity contribution in [2.75, 3.05) is 6.61 Å². The average Bonchev–Trinajstić information content (AvgIpc) is 3.03. The van der Waals surface area contributed by atoms with Gasteiger partial charge in [0.1, 0.15) is 48.8 Å². The molecule has 0 spiro atoms. The van der Waals surface area contributed by atoms with Gasteiger partial charge in [0.15, 0.2) is 12.6 Å². The predicted molar refractivity (Wildman–Crippen MR) is 106 cm³/mol. The van der Waals surface area contributed by atoms with Gasteiger partial charge in [-0.05, 0) is 13.3 Å². The summed E-state index contributed by atoms with van der Waals surface area (Å²) in [6.45, 7) is 0.989. The molecule has 1 saturated carbocycles. The standard InChI is InChI=1S/C18H36N4O10/c1-4(19)14-12(27)13(28)18(30-14)32-16-9(24)5(20)2-6(21)15(16)31-17-8(22)11(26)10(25)7(3-23)29-17/h4-18,23-28H,2-3,19-22H2,1H3/t4?,5?,6?,7?,8?,9?,10?,11-,12?,13?,14?,15?,16?,17?,18?/m0/s1. The Balaban J connectivity index is 1.78. The van der Waals surface area contributed by atoms with Gasteiger partial charge in [-0.15, -0.1) is 0 Å². The van der Waals surface area contributed by atoms with E-state index >= 15 is 0 Å². The molecule has 0 aromatic carbocycles. The third kappa shape index (κ3) is 4.94. The molecule has 188 valence electrons. The molecule has 14 heteroatoms. The molecule has 2 saturated heterocycles. The van der Waals surface area contributed by atoms with Gasteiger partial charge in [0.2, 0.25) is 0 Å². The molecule has 15 atom stereocenters. The fourth-order valence-electron chi connectivity index (χ4n) is 4.36. The van der Waals surface area contributed by atoms with Gasteiger partial charge >= 0.3 is 0 Å². The van der Waals surface area contributed by atoms with Crippen LogP contribution in [0.2, 0.25) is 0 Å². The third-order valence-electron chi connectivity index (χ3n) is 6.35. The first kappa shape index (κ1) is 26.1. The molecule has 14 N–H and O–H groups in total. The van der Waals surface area contributed by atoms with Gasteiger partial charge in [-0.3, -0.25) is 0 Å². The average molecular weight is 469 g/mol. The molecule has 0 amide bonds. The van der Waals surface area contributed by atoms with Crippen LogP contribution in [0.1, 0.15) is 13.3 Å². The van der Waals surface area contributed by atoms with Crippen LogP contribution in [-0.2, 0) is 18.9 Å². The number of aliphatic hydroxyl groups is 6. The van der Waals surface area contributed by atoms with Crippen molar-refractivity contribution in [3.8, 4) is 0 Å². The van der Waals surface area contributed by atoms with Crippen molar-refractivity contribution in [3.05, 3.63) is 0 Å². The lowest BCUT2D eigenvalue weighted by molar-refractivity contribution is -0.310. The van der Waals surface area contributed by atoms with E-state index in [1.807, 2.05) is 0 Å². The second-order valence-corrected chi connectivity index (χ2v) is 8.85. The van der Waals surface area contributed by atoms with Gasteiger partial charge in [0, 0.05) is 18.1 Å². The number of aliphatic hydroxyl groups excluding tert-OH is 6. The Morgan fingerprint density at radius 3 is 2.00 bits per heavy atom. The van der Waals surface area contributed by atoms with Gasteiger partial charge in [-0.25, -0.2) is 0 Å². The van der Waals surface area contributed by atoms with Crippen molar-refractivity contribution in [1.82, 2.24) is 0 Å². The molecular weight excluding hydrogens is 432 g/mol. The summed E-state index contributed by atoms with van der Waals surface area (Å²) < 4.78 is 22.7. The van der Waals surface area contributed by atoms with E-state index in [0.717, 1.165) is 0 Å². The van der Waals surface area contributed by atoms with Gasteiger partial charge < -0.3 is 72.5 Å².